The lowest BCUT2D eigenvalue weighted by atomic mass is 9.51. The number of carbonyl (C=O) groups excluding carboxylic acids is 1. The molecule has 1 atom stereocenters. The first-order chi connectivity index (χ1) is 12.7. The van der Waals surface area contributed by atoms with Gasteiger partial charge in [-0.05, 0) is 98.8 Å². The van der Waals surface area contributed by atoms with Gasteiger partial charge in [0, 0.05) is 18.0 Å². The van der Waals surface area contributed by atoms with Gasteiger partial charge in [-0.2, -0.15) is 0 Å². The molecular formula is C23H30ClNO. The molecule has 4 saturated carbocycles. The lowest BCUT2D eigenvalue weighted by Crippen LogP contribution is -2.47. The molecule has 5 fully saturated rings. The van der Waals surface area contributed by atoms with Crippen LogP contribution in [0.2, 0.25) is 5.02 Å². The summed E-state index contributed by atoms with van der Waals surface area (Å²) in [5.41, 5.74) is 1.27. The van der Waals surface area contributed by atoms with Crippen molar-refractivity contribution in [3.05, 3.63) is 34.9 Å². The van der Waals surface area contributed by atoms with Crippen molar-refractivity contribution in [1.82, 2.24) is 4.90 Å². The zero-order valence-electron chi connectivity index (χ0n) is 15.6. The van der Waals surface area contributed by atoms with E-state index in [9.17, 15) is 4.79 Å². The van der Waals surface area contributed by atoms with Crippen LogP contribution in [0, 0.1) is 29.6 Å². The first-order valence-corrected chi connectivity index (χ1v) is 11.0. The van der Waals surface area contributed by atoms with Gasteiger partial charge in [0.15, 0.2) is 0 Å². The van der Waals surface area contributed by atoms with Gasteiger partial charge in [0.05, 0.1) is 6.04 Å². The van der Waals surface area contributed by atoms with Gasteiger partial charge < -0.3 is 0 Å². The van der Waals surface area contributed by atoms with Crippen molar-refractivity contribution in [1.29, 1.82) is 0 Å². The van der Waals surface area contributed by atoms with Crippen molar-refractivity contribution < 1.29 is 4.79 Å². The lowest BCUT2D eigenvalue weighted by Gasteiger charge is -2.54. The molecule has 1 aromatic rings. The molecule has 1 aliphatic heterocycles. The normalized spacial score (nSPS) is 38.8. The Kier molecular flexibility index (Phi) is 4.61. The molecule has 5 aliphatic rings. The molecule has 0 N–H and O–H groups in total. The van der Waals surface area contributed by atoms with Gasteiger partial charge in [0.2, 0.25) is 0 Å². The predicted octanol–water partition coefficient (Wildman–Crippen LogP) is 5.34. The molecule has 1 saturated heterocycles. The summed E-state index contributed by atoms with van der Waals surface area (Å²) >= 11 is 6.01. The van der Waals surface area contributed by atoms with Crippen molar-refractivity contribution in [2.24, 2.45) is 29.6 Å². The van der Waals surface area contributed by atoms with Gasteiger partial charge in [0.1, 0.15) is 5.78 Å². The summed E-state index contributed by atoms with van der Waals surface area (Å²) in [6.45, 7) is 1.94. The van der Waals surface area contributed by atoms with Crippen LogP contribution in [0.15, 0.2) is 24.3 Å². The molecule has 0 radical (unpaired) electrons. The van der Waals surface area contributed by atoms with Gasteiger partial charge in [-0.25, -0.2) is 0 Å². The Balaban J connectivity index is 1.24. The Morgan fingerprint density at radius 1 is 1.00 bits per heavy atom. The molecule has 0 unspecified atom stereocenters. The van der Waals surface area contributed by atoms with Crippen LogP contribution in [0.5, 0.6) is 0 Å². The number of nitrogens with zero attached hydrogens (tertiary/aromatic N) is 1. The monoisotopic (exact) mass is 371 g/mol. The number of rotatable bonds is 5. The third-order valence-corrected chi connectivity index (χ3v) is 8.15. The number of likely N-dealkylation sites (tertiary alicyclic amines) is 1. The van der Waals surface area contributed by atoms with E-state index in [1.165, 1.54) is 37.7 Å². The molecule has 0 amide bonds. The highest BCUT2D eigenvalue weighted by molar-refractivity contribution is 6.30. The summed E-state index contributed by atoms with van der Waals surface area (Å²) < 4.78 is 0. The third kappa shape index (κ3) is 3.24. The Labute approximate surface area is 162 Å². The Hall–Kier alpha value is -0.860. The van der Waals surface area contributed by atoms with E-state index in [1.54, 1.807) is 0 Å². The second-order valence-electron chi connectivity index (χ2n) is 9.52. The van der Waals surface area contributed by atoms with Gasteiger partial charge in [0.25, 0.3) is 0 Å². The standard InChI is InChI=1S/C23H30ClNO/c24-20-5-3-15(4-6-20)14-25-7-1-2-22(25)23(26)13-21-18-9-16-8-17(11-18)12-19(21)10-16/h3-6,16-19,21-22H,1-2,7-14H2/t16?,17?,18?,19?,21?,22-/m1/s1. The van der Waals surface area contributed by atoms with Crippen LogP contribution in [-0.4, -0.2) is 23.3 Å². The summed E-state index contributed by atoms with van der Waals surface area (Å²) in [4.78, 5) is 15.6. The van der Waals surface area contributed by atoms with E-state index >= 15 is 0 Å². The zero-order chi connectivity index (χ0) is 17.7. The molecule has 4 aliphatic carbocycles. The van der Waals surface area contributed by atoms with Gasteiger partial charge >= 0.3 is 0 Å². The third-order valence-electron chi connectivity index (χ3n) is 7.89. The van der Waals surface area contributed by atoms with Crippen LogP contribution >= 0.6 is 11.6 Å². The number of benzene rings is 1. The summed E-state index contributed by atoms with van der Waals surface area (Å²) in [6.07, 6.45) is 10.2. The number of hydrogen-bond donors (Lipinski definition) is 0. The molecule has 1 aromatic carbocycles. The second-order valence-corrected chi connectivity index (χ2v) is 9.96. The van der Waals surface area contributed by atoms with Crippen molar-refractivity contribution >= 4 is 17.4 Å². The minimum atomic E-state index is 0.155. The Morgan fingerprint density at radius 3 is 2.31 bits per heavy atom. The van der Waals surface area contributed by atoms with Crippen LogP contribution in [0.4, 0.5) is 0 Å². The van der Waals surface area contributed by atoms with Gasteiger partial charge in [-0.1, -0.05) is 23.7 Å². The fourth-order valence-corrected chi connectivity index (χ4v) is 7.07. The van der Waals surface area contributed by atoms with Crippen LogP contribution in [0.1, 0.15) is 56.9 Å². The van der Waals surface area contributed by atoms with Crippen molar-refractivity contribution in [2.75, 3.05) is 6.54 Å². The Morgan fingerprint density at radius 2 is 1.65 bits per heavy atom. The van der Waals surface area contributed by atoms with E-state index in [4.69, 9.17) is 11.6 Å². The van der Waals surface area contributed by atoms with Crippen LogP contribution in [-0.2, 0) is 11.3 Å². The number of ketones is 1. The highest BCUT2D eigenvalue weighted by Gasteiger charge is 2.49. The predicted molar refractivity (Wildman–Crippen MR) is 105 cm³/mol. The summed E-state index contributed by atoms with van der Waals surface area (Å²) in [6, 6.07) is 8.26. The second kappa shape index (κ2) is 6.95. The summed E-state index contributed by atoms with van der Waals surface area (Å²) in [7, 11) is 0. The SMILES string of the molecule is O=C(CC1C2CC3CC(C2)CC1C3)[C@H]1CCCN1Cc1ccc(Cl)cc1. The van der Waals surface area contributed by atoms with E-state index in [0.717, 1.165) is 61.0 Å². The van der Waals surface area contributed by atoms with Crippen LogP contribution in [0.25, 0.3) is 0 Å². The number of hydrogen-bond acceptors (Lipinski definition) is 2. The average molecular weight is 372 g/mol. The van der Waals surface area contributed by atoms with E-state index in [2.05, 4.69) is 17.0 Å². The fraction of sp³-hybridized carbons (Fsp3) is 0.696. The van der Waals surface area contributed by atoms with E-state index in [0.29, 0.717) is 11.7 Å². The first-order valence-electron chi connectivity index (χ1n) is 10.7. The molecule has 4 bridgehead atoms. The first kappa shape index (κ1) is 17.3. The van der Waals surface area contributed by atoms with E-state index in [-0.39, 0.29) is 6.04 Å². The van der Waals surface area contributed by atoms with Gasteiger partial charge in [-0.15, -0.1) is 0 Å². The van der Waals surface area contributed by atoms with E-state index < -0.39 is 0 Å². The maximum absolute atomic E-state index is 13.2. The van der Waals surface area contributed by atoms with Crippen molar-refractivity contribution in [3.63, 3.8) is 0 Å². The van der Waals surface area contributed by atoms with Crippen molar-refractivity contribution in [3.8, 4) is 0 Å². The summed E-state index contributed by atoms with van der Waals surface area (Å²) in [5, 5.41) is 0.782. The molecule has 26 heavy (non-hydrogen) atoms. The minimum Gasteiger partial charge on any atom is -0.298 e. The number of halogens is 1. The van der Waals surface area contributed by atoms with Crippen LogP contribution < -0.4 is 0 Å². The molecule has 6 rings (SSSR count). The van der Waals surface area contributed by atoms with E-state index in [1.807, 2.05) is 12.1 Å². The lowest BCUT2D eigenvalue weighted by molar-refractivity contribution is -0.128. The largest absolute Gasteiger partial charge is 0.298 e. The topological polar surface area (TPSA) is 20.3 Å². The molecule has 2 nitrogen and oxygen atoms in total. The highest BCUT2D eigenvalue weighted by atomic mass is 35.5. The maximum Gasteiger partial charge on any atom is 0.150 e. The molecule has 3 heteroatoms. The molecular weight excluding hydrogens is 342 g/mol. The highest BCUT2D eigenvalue weighted by Crippen LogP contribution is 2.57. The van der Waals surface area contributed by atoms with Gasteiger partial charge in [-0.3, -0.25) is 9.69 Å². The quantitative estimate of drug-likeness (QED) is 0.696. The molecule has 0 aromatic heterocycles. The molecule has 140 valence electrons. The smallest absolute Gasteiger partial charge is 0.150 e. The minimum absolute atomic E-state index is 0.155. The Bertz CT molecular complexity index is 641. The zero-order valence-corrected chi connectivity index (χ0v) is 16.3. The van der Waals surface area contributed by atoms with Crippen molar-refractivity contribution in [2.45, 2.75) is 64.0 Å². The number of carbonyl (C=O) groups is 1. The number of Topliss-reactive ketones (excluding diaryl/α,β-unsaturated/α-hetero) is 1. The van der Waals surface area contributed by atoms with Crippen LogP contribution in [0.3, 0.4) is 0 Å². The average Bonchev–Trinajstić information content (AvgIpc) is 3.07. The maximum atomic E-state index is 13.2. The summed E-state index contributed by atoms with van der Waals surface area (Å²) in [5.74, 6) is 4.96. The molecule has 0 spiro atoms. The molecule has 1 heterocycles. The fourth-order valence-electron chi connectivity index (χ4n) is 6.94.